The van der Waals surface area contributed by atoms with E-state index in [4.69, 9.17) is 0 Å². The number of fused-ring (bicyclic) bond motifs is 5. The molecule has 0 saturated heterocycles. The van der Waals surface area contributed by atoms with Crippen LogP contribution in [0.5, 0.6) is 0 Å². The number of rotatable bonds is 3. The molecule has 0 bridgehead atoms. The first kappa shape index (κ1) is 22.7. The molecule has 0 N–H and O–H groups in total. The Balaban J connectivity index is 1.24. The lowest BCUT2D eigenvalue weighted by atomic mass is 9.83. The number of carbonyl (C=O) groups excluding carboxylic acids is 1. The molecular formula is C38H25NO. The van der Waals surface area contributed by atoms with Gasteiger partial charge in [0.2, 0.25) is 0 Å². The number of hydrogen-bond donors (Lipinski definition) is 0. The summed E-state index contributed by atoms with van der Waals surface area (Å²) in [7, 11) is 0. The van der Waals surface area contributed by atoms with Crippen LogP contribution < -0.4 is 0 Å². The fourth-order valence-corrected chi connectivity index (χ4v) is 6.25. The zero-order valence-electron chi connectivity index (χ0n) is 21.8. The van der Waals surface area contributed by atoms with Crippen LogP contribution in [0.3, 0.4) is 0 Å². The number of nitrogens with zero attached hydrogens (tertiary/aromatic N) is 1. The van der Waals surface area contributed by atoms with Gasteiger partial charge in [0.1, 0.15) is 0 Å². The topological polar surface area (TPSA) is 22.0 Å². The third kappa shape index (κ3) is 3.54. The number of carbonyl (C=O) groups is 1. The van der Waals surface area contributed by atoms with Crippen molar-refractivity contribution in [2.75, 3.05) is 0 Å². The van der Waals surface area contributed by atoms with Gasteiger partial charge in [0.05, 0.1) is 11.0 Å². The van der Waals surface area contributed by atoms with E-state index in [2.05, 4.69) is 114 Å². The van der Waals surface area contributed by atoms with Gasteiger partial charge in [-0.1, -0.05) is 109 Å². The van der Waals surface area contributed by atoms with E-state index in [-0.39, 0.29) is 5.78 Å². The summed E-state index contributed by atoms with van der Waals surface area (Å²) in [5, 5.41) is 2.45. The van der Waals surface area contributed by atoms with Gasteiger partial charge in [-0.05, 0) is 70.1 Å². The Bertz CT molecular complexity index is 2080. The molecular weight excluding hydrogens is 486 g/mol. The zero-order chi connectivity index (χ0) is 26.6. The van der Waals surface area contributed by atoms with E-state index in [1.807, 2.05) is 30.3 Å². The van der Waals surface area contributed by atoms with E-state index < -0.39 is 0 Å². The Morgan fingerprint density at radius 3 is 1.95 bits per heavy atom. The lowest BCUT2D eigenvalue weighted by Gasteiger charge is -2.19. The van der Waals surface area contributed by atoms with Crippen molar-refractivity contribution in [1.29, 1.82) is 0 Å². The largest absolute Gasteiger partial charge is 0.309 e. The summed E-state index contributed by atoms with van der Waals surface area (Å²) in [6.07, 6.45) is 0.783. The molecule has 8 rings (SSSR count). The minimum atomic E-state index is 0.125. The van der Waals surface area contributed by atoms with Crippen LogP contribution >= 0.6 is 0 Å². The van der Waals surface area contributed by atoms with Crippen molar-refractivity contribution in [3.8, 4) is 27.9 Å². The maximum atomic E-state index is 13.1. The van der Waals surface area contributed by atoms with Crippen molar-refractivity contribution >= 4 is 27.6 Å². The molecule has 0 atom stereocenters. The SMILES string of the molecule is O=C1c2ccccc2Cc2cc(-c3ccc4c(c3)c3ccccc3n4-c3ccc(-c4ccccc4)cc3)ccc21. The predicted octanol–water partition coefficient (Wildman–Crippen LogP) is 9.25. The highest BCUT2D eigenvalue weighted by Gasteiger charge is 2.23. The van der Waals surface area contributed by atoms with Crippen molar-refractivity contribution in [2.24, 2.45) is 0 Å². The average molecular weight is 512 g/mol. The fraction of sp³-hybridized carbons (Fsp3) is 0.0263. The second-order valence-electron chi connectivity index (χ2n) is 10.5. The first-order valence-corrected chi connectivity index (χ1v) is 13.7. The van der Waals surface area contributed by atoms with Gasteiger partial charge >= 0.3 is 0 Å². The van der Waals surface area contributed by atoms with E-state index in [1.165, 1.54) is 32.9 Å². The minimum Gasteiger partial charge on any atom is -0.309 e. The monoisotopic (exact) mass is 511 g/mol. The van der Waals surface area contributed by atoms with E-state index in [0.29, 0.717) is 0 Å². The Labute approximate surface area is 232 Å². The summed E-state index contributed by atoms with van der Waals surface area (Å²) in [6, 6.07) is 48.9. The molecule has 0 saturated carbocycles. The smallest absolute Gasteiger partial charge is 0.193 e. The molecule has 1 aliphatic carbocycles. The number of ketones is 1. The summed E-state index contributed by atoms with van der Waals surface area (Å²) in [5.41, 5.74) is 12.1. The minimum absolute atomic E-state index is 0.125. The van der Waals surface area contributed by atoms with Crippen LogP contribution in [0, 0.1) is 0 Å². The van der Waals surface area contributed by atoms with E-state index in [0.717, 1.165) is 45.5 Å². The van der Waals surface area contributed by atoms with Gasteiger partial charge in [-0.3, -0.25) is 4.79 Å². The van der Waals surface area contributed by atoms with E-state index in [9.17, 15) is 4.79 Å². The van der Waals surface area contributed by atoms with Crippen molar-refractivity contribution in [3.05, 3.63) is 162 Å². The van der Waals surface area contributed by atoms with Gasteiger partial charge in [-0.15, -0.1) is 0 Å². The molecule has 0 radical (unpaired) electrons. The summed E-state index contributed by atoms with van der Waals surface area (Å²) < 4.78 is 2.35. The van der Waals surface area contributed by atoms with Crippen LogP contribution in [-0.2, 0) is 6.42 Å². The summed E-state index contributed by atoms with van der Waals surface area (Å²) in [5.74, 6) is 0.125. The Morgan fingerprint density at radius 2 is 1.07 bits per heavy atom. The Kier molecular flexibility index (Phi) is 5.08. The number of aromatic nitrogens is 1. The highest BCUT2D eigenvalue weighted by Crippen LogP contribution is 2.37. The lowest BCUT2D eigenvalue weighted by molar-refractivity contribution is 0.103. The molecule has 1 heterocycles. The molecule has 0 unspecified atom stereocenters. The molecule has 40 heavy (non-hydrogen) atoms. The van der Waals surface area contributed by atoms with Crippen molar-refractivity contribution in [2.45, 2.75) is 6.42 Å². The first-order valence-electron chi connectivity index (χ1n) is 13.7. The number of hydrogen-bond acceptors (Lipinski definition) is 1. The second kappa shape index (κ2) is 8.93. The second-order valence-corrected chi connectivity index (χ2v) is 10.5. The van der Waals surface area contributed by atoms with Gasteiger partial charge in [-0.25, -0.2) is 0 Å². The maximum Gasteiger partial charge on any atom is 0.193 e. The quantitative estimate of drug-likeness (QED) is 0.232. The maximum absolute atomic E-state index is 13.1. The summed E-state index contributed by atoms with van der Waals surface area (Å²) in [6.45, 7) is 0. The van der Waals surface area contributed by atoms with Gasteiger partial charge in [0, 0.05) is 27.6 Å². The molecule has 0 spiro atoms. The summed E-state index contributed by atoms with van der Waals surface area (Å²) in [4.78, 5) is 13.1. The van der Waals surface area contributed by atoms with E-state index in [1.54, 1.807) is 0 Å². The van der Waals surface area contributed by atoms with Gasteiger partial charge < -0.3 is 4.57 Å². The lowest BCUT2D eigenvalue weighted by Crippen LogP contribution is -2.14. The molecule has 0 amide bonds. The first-order chi connectivity index (χ1) is 19.7. The molecule has 0 aliphatic heterocycles. The standard InChI is InChI=1S/C38H25NO/c40-38-32-11-5-4-10-29(32)23-30-22-27(16-20-33(30)38)28-17-21-37-35(24-28)34-12-6-7-13-36(34)39(37)31-18-14-26(15-19-31)25-8-2-1-3-9-25/h1-22,24H,23H2. The van der Waals surface area contributed by atoms with Crippen LogP contribution in [0.15, 0.2) is 140 Å². The average Bonchev–Trinajstić information content (AvgIpc) is 3.35. The molecule has 2 nitrogen and oxygen atoms in total. The molecule has 7 aromatic rings. The van der Waals surface area contributed by atoms with Gasteiger partial charge in [-0.2, -0.15) is 0 Å². The normalized spacial score (nSPS) is 12.4. The van der Waals surface area contributed by atoms with Crippen LogP contribution in [0.25, 0.3) is 49.7 Å². The molecule has 1 aromatic heterocycles. The fourth-order valence-electron chi connectivity index (χ4n) is 6.25. The number of benzene rings is 6. The molecule has 1 aliphatic rings. The Morgan fingerprint density at radius 1 is 0.450 bits per heavy atom. The van der Waals surface area contributed by atoms with Crippen molar-refractivity contribution < 1.29 is 4.79 Å². The number of para-hydroxylation sites is 1. The van der Waals surface area contributed by atoms with Gasteiger partial charge in [0.15, 0.2) is 5.78 Å². The van der Waals surface area contributed by atoms with Crippen LogP contribution in [0.2, 0.25) is 0 Å². The van der Waals surface area contributed by atoms with E-state index >= 15 is 0 Å². The highest BCUT2D eigenvalue weighted by molar-refractivity contribution is 6.13. The molecule has 2 heteroatoms. The van der Waals surface area contributed by atoms with Gasteiger partial charge in [0.25, 0.3) is 0 Å². The van der Waals surface area contributed by atoms with Crippen molar-refractivity contribution in [3.63, 3.8) is 0 Å². The summed E-state index contributed by atoms with van der Waals surface area (Å²) >= 11 is 0. The molecule has 6 aromatic carbocycles. The highest BCUT2D eigenvalue weighted by atomic mass is 16.1. The zero-order valence-corrected chi connectivity index (χ0v) is 21.8. The molecule has 188 valence electrons. The third-order valence-electron chi connectivity index (χ3n) is 8.23. The predicted molar refractivity (Wildman–Crippen MR) is 164 cm³/mol. The van der Waals surface area contributed by atoms with Crippen LogP contribution in [-0.4, -0.2) is 10.4 Å². The third-order valence-corrected chi connectivity index (χ3v) is 8.23. The van der Waals surface area contributed by atoms with Crippen LogP contribution in [0.4, 0.5) is 0 Å². The van der Waals surface area contributed by atoms with Crippen LogP contribution in [0.1, 0.15) is 27.0 Å². The van der Waals surface area contributed by atoms with Crippen molar-refractivity contribution in [1.82, 2.24) is 4.57 Å². The molecule has 0 fully saturated rings. The Hall–Kier alpha value is -5.21.